The third-order valence-corrected chi connectivity index (χ3v) is 3.27. The lowest BCUT2D eigenvalue weighted by atomic mass is 10.1. The fourth-order valence-corrected chi connectivity index (χ4v) is 2.19. The number of nitrogens with two attached hydrogens (primary N) is 1. The Bertz CT molecular complexity index is 348. The molecule has 0 aliphatic carbocycles. The van der Waals surface area contributed by atoms with Gasteiger partial charge >= 0.3 is 0 Å². The summed E-state index contributed by atoms with van der Waals surface area (Å²) in [6, 6.07) is 9.53. The van der Waals surface area contributed by atoms with E-state index in [-0.39, 0.29) is 24.4 Å². The second-order valence-corrected chi connectivity index (χ2v) is 5.07. The molecule has 0 saturated carbocycles. The summed E-state index contributed by atoms with van der Waals surface area (Å²) in [6.45, 7) is 1.99. The number of rotatable bonds is 6. The Labute approximate surface area is 119 Å². The van der Waals surface area contributed by atoms with Crippen molar-refractivity contribution in [3.8, 4) is 0 Å². The van der Waals surface area contributed by atoms with Crippen LogP contribution in [0.25, 0.3) is 0 Å². The number of thioether (sulfide) groups is 1. The molecule has 0 radical (unpaired) electrons. The van der Waals surface area contributed by atoms with Crippen LogP contribution in [0.3, 0.4) is 0 Å². The van der Waals surface area contributed by atoms with E-state index in [4.69, 9.17) is 5.73 Å². The maximum atomic E-state index is 11.8. The van der Waals surface area contributed by atoms with E-state index in [0.29, 0.717) is 6.42 Å². The van der Waals surface area contributed by atoms with E-state index in [0.717, 1.165) is 11.3 Å². The lowest BCUT2D eigenvalue weighted by Crippen LogP contribution is -2.46. The lowest BCUT2D eigenvalue weighted by molar-refractivity contribution is -0.122. The van der Waals surface area contributed by atoms with Crippen molar-refractivity contribution in [3.63, 3.8) is 0 Å². The van der Waals surface area contributed by atoms with Crippen LogP contribution in [0.2, 0.25) is 0 Å². The van der Waals surface area contributed by atoms with Gasteiger partial charge in [-0.1, -0.05) is 30.3 Å². The van der Waals surface area contributed by atoms with Crippen molar-refractivity contribution in [1.29, 1.82) is 0 Å². The van der Waals surface area contributed by atoms with Crippen LogP contribution < -0.4 is 11.1 Å². The van der Waals surface area contributed by atoms with Gasteiger partial charge in [0, 0.05) is 11.8 Å². The molecule has 1 unspecified atom stereocenters. The minimum atomic E-state index is -0.471. The molecule has 1 aromatic carbocycles. The molecule has 0 bridgehead atoms. The van der Waals surface area contributed by atoms with E-state index in [9.17, 15) is 4.79 Å². The van der Waals surface area contributed by atoms with Gasteiger partial charge in [0.15, 0.2) is 0 Å². The Kier molecular flexibility index (Phi) is 8.89. The molecule has 1 amide bonds. The Balaban J connectivity index is 0.00000289. The van der Waals surface area contributed by atoms with Crippen LogP contribution in [0, 0.1) is 0 Å². The van der Waals surface area contributed by atoms with Crippen LogP contribution in [0.1, 0.15) is 12.5 Å². The van der Waals surface area contributed by atoms with Gasteiger partial charge in [-0.15, -0.1) is 12.4 Å². The predicted octanol–water partition coefficient (Wildman–Crippen LogP) is 1.85. The van der Waals surface area contributed by atoms with Crippen LogP contribution in [0.5, 0.6) is 0 Å². The van der Waals surface area contributed by atoms with Gasteiger partial charge in [0.25, 0.3) is 0 Å². The molecular weight excluding hydrogens is 268 g/mol. The number of nitrogens with one attached hydrogen (secondary N) is 1. The van der Waals surface area contributed by atoms with Crippen molar-refractivity contribution in [1.82, 2.24) is 5.32 Å². The molecule has 0 saturated heterocycles. The van der Waals surface area contributed by atoms with Gasteiger partial charge in [-0.3, -0.25) is 4.79 Å². The largest absolute Gasteiger partial charge is 0.351 e. The highest BCUT2D eigenvalue weighted by molar-refractivity contribution is 7.98. The van der Waals surface area contributed by atoms with Gasteiger partial charge in [-0.2, -0.15) is 11.8 Å². The zero-order valence-electron chi connectivity index (χ0n) is 10.8. The number of carbonyl (C=O) groups excluding carboxylic acids is 1. The first-order chi connectivity index (χ1) is 8.13. The van der Waals surface area contributed by atoms with Crippen LogP contribution >= 0.6 is 24.2 Å². The summed E-state index contributed by atoms with van der Waals surface area (Å²) in [6.07, 6.45) is 2.60. The van der Waals surface area contributed by atoms with Crippen molar-refractivity contribution in [2.75, 3.05) is 12.0 Å². The van der Waals surface area contributed by atoms with E-state index >= 15 is 0 Å². The molecule has 1 aromatic rings. The quantitative estimate of drug-likeness (QED) is 0.840. The number of carbonyl (C=O) groups is 1. The molecule has 0 aliphatic heterocycles. The van der Waals surface area contributed by atoms with E-state index in [1.807, 2.05) is 43.5 Å². The van der Waals surface area contributed by atoms with Gasteiger partial charge in [0.05, 0.1) is 6.04 Å². The molecule has 2 atom stereocenters. The molecule has 0 aromatic heterocycles. The molecule has 18 heavy (non-hydrogen) atoms. The van der Waals surface area contributed by atoms with Crippen LogP contribution in [-0.2, 0) is 11.2 Å². The normalized spacial score (nSPS) is 13.3. The number of benzene rings is 1. The molecule has 3 N–H and O–H groups in total. The minimum absolute atomic E-state index is 0. The van der Waals surface area contributed by atoms with Crippen molar-refractivity contribution < 1.29 is 4.79 Å². The maximum Gasteiger partial charge on any atom is 0.237 e. The molecule has 0 fully saturated rings. The molecule has 5 heteroatoms. The maximum absolute atomic E-state index is 11.8. The van der Waals surface area contributed by atoms with Crippen molar-refractivity contribution in [3.05, 3.63) is 35.9 Å². The molecule has 3 nitrogen and oxygen atoms in total. The summed E-state index contributed by atoms with van der Waals surface area (Å²) >= 11 is 1.71. The second-order valence-electron chi connectivity index (χ2n) is 4.16. The van der Waals surface area contributed by atoms with E-state index in [1.54, 1.807) is 11.8 Å². The highest BCUT2D eigenvalue weighted by Crippen LogP contribution is 2.03. The van der Waals surface area contributed by atoms with Gasteiger partial charge < -0.3 is 11.1 Å². The van der Waals surface area contributed by atoms with Crippen molar-refractivity contribution in [2.45, 2.75) is 25.4 Å². The highest BCUT2D eigenvalue weighted by Gasteiger charge is 2.15. The Morgan fingerprint density at radius 3 is 2.56 bits per heavy atom. The third-order valence-electron chi connectivity index (χ3n) is 2.44. The Morgan fingerprint density at radius 1 is 1.39 bits per heavy atom. The molecule has 0 heterocycles. The van der Waals surface area contributed by atoms with Crippen molar-refractivity contribution in [2.24, 2.45) is 5.73 Å². The van der Waals surface area contributed by atoms with Gasteiger partial charge in [0.1, 0.15) is 0 Å². The smallest absolute Gasteiger partial charge is 0.237 e. The van der Waals surface area contributed by atoms with E-state index < -0.39 is 6.04 Å². The SMILES string of the molecule is CSCC(C)NC(=O)[C@@H](N)Cc1ccccc1.Cl. The second kappa shape index (κ2) is 9.25. The molecule has 1 rings (SSSR count). The summed E-state index contributed by atoms with van der Waals surface area (Å²) in [5, 5.41) is 2.92. The minimum Gasteiger partial charge on any atom is -0.351 e. The van der Waals surface area contributed by atoms with Gasteiger partial charge in [-0.25, -0.2) is 0 Å². The summed E-state index contributed by atoms with van der Waals surface area (Å²) in [7, 11) is 0. The number of halogens is 1. The van der Waals surface area contributed by atoms with Gasteiger partial charge in [0.2, 0.25) is 5.91 Å². The third kappa shape index (κ3) is 6.28. The average molecular weight is 289 g/mol. The number of hydrogen-bond donors (Lipinski definition) is 2. The van der Waals surface area contributed by atoms with Crippen molar-refractivity contribution >= 4 is 30.1 Å². The van der Waals surface area contributed by atoms with Gasteiger partial charge in [-0.05, 0) is 25.2 Å². The fourth-order valence-electron chi connectivity index (χ4n) is 1.60. The summed E-state index contributed by atoms with van der Waals surface area (Å²) in [5.74, 6) is 0.833. The summed E-state index contributed by atoms with van der Waals surface area (Å²) < 4.78 is 0. The molecule has 102 valence electrons. The topological polar surface area (TPSA) is 55.1 Å². The average Bonchev–Trinajstić information content (AvgIpc) is 2.30. The molecular formula is C13H21ClN2OS. The fraction of sp³-hybridized carbons (Fsp3) is 0.462. The van der Waals surface area contributed by atoms with Crippen LogP contribution in [-0.4, -0.2) is 30.0 Å². The van der Waals surface area contributed by atoms with E-state index in [1.165, 1.54) is 0 Å². The zero-order valence-corrected chi connectivity index (χ0v) is 12.4. The number of amides is 1. The Hall–Kier alpha value is -0.710. The first-order valence-corrected chi connectivity index (χ1v) is 7.11. The summed E-state index contributed by atoms with van der Waals surface area (Å²) in [4.78, 5) is 11.8. The molecule has 0 spiro atoms. The summed E-state index contributed by atoms with van der Waals surface area (Å²) in [5.41, 5.74) is 6.97. The van der Waals surface area contributed by atoms with Crippen LogP contribution in [0.4, 0.5) is 0 Å². The standard InChI is InChI=1S/C13H20N2OS.ClH/c1-10(9-17-2)15-13(16)12(14)8-11-6-4-3-5-7-11;/h3-7,10,12H,8-9,14H2,1-2H3,(H,15,16);1H/t10?,12-;/m0./s1. The highest BCUT2D eigenvalue weighted by atomic mass is 35.5. The Morgan fingerprint density at radius 2 is 2.00 bits per heavy atom. The predicted molar refractivity (Wildman–Crippen MR) is 81.4 cm³/mol. The first kappa shape index (κ1) is 17.3. The number of hydrogen-bond acceptors (Lipinski definition) is 3. The lowest BCUT2D eigenvalue weighted by Gasteiger charge is -2.16. The zero-order chi connectivity index (χ0) is 12.7. The first-order valence-electron chi connectivity index (χ1n) is 5.72. The monoisotopic (exact) mass is 288 g/mol. The van der Waals surface area contributed by atoms with Crippen LogP contribution in [0.15, 0.2) is 30.3 Å². The van der Waals surface area contributed by atoms with E-state index in [2.05, 4.69) is 5.32 Å². The molecule has 0 aliphatic rings.